The summed E-state index contributed by atoms with van der Waals surface area (Å²) in [5, 5.41) is 13.2. The molecule has 2 aromatic carbocycles. The number of hydrogen-bond acceptors (Lipinski definition) is 2. The average Bonchev–Trinajstić information content (AvgIpc) is 2.88. The fourth-order valence-corrected chi connectivity index (χ4v) is 3.39. The minimum absolute atomic E-state index is 0.191. The highest BCUT2D eigenvalue weighted by molar-refractivity contribution is 5.63. The van der Waals surface area contributed by atoms with Gasteiger partial charge in [0.1, 0.15) is 0 Å². The Morgan fingerprint density at radius 2 is 1.62 bits per heavy atom. The van der Waals surface area contributed by atoms with Crippen molar-refractivity contribution in [2.75, 3.05) is 7.05 Å². The number of rotatable bonds is 4. The lowest BCUT2D eigenvalue weighted by Gasteiger charge is -2.12. The van der Waals surface area contributed by atoms with Gasteiger partial charge in [0.2, 0.25) is 0 Å². The summed E-state index contributed by atoms with van der Waals surface area (Å²) in [4.78, 5) is 0. The lowest BCUT2D eigenvalue weighted by Crippen LogP contribution is -2.32. The molecule has 1 fully saturated rings. The van der Waals surface area contributed by atoms with Crippen molar-refractivity contribution in [3.8, 4) is 11.1 Å². The van der Waals surface area contributed by atoms with Gasteiger partial charge in [-0.15, -0.1) is 0 Å². The molecule has 2 aromatic rings. The van der Waals surface area contributed by atoms with Crippen molar-refractivity contribution < 1.29 is 5.11 Å². The van der Waals surface area contributed by atoms with E-state index in [9.17, 15) is 5.11 Å². The van der Waals surface area contributed by atoms with E-state index >= 15 is 0 Å². The van der Waals surface area contributed by atoms with E-state index < -0.39 is 0 Å². The molecule has 21 heavy (non-hydrogen) atoms. The summed E-state index contributed by atoms with van der Waals surface area (Å²) in [5.41, 5.74) is 3.89. The van der Waals surface area contributed by atoms with Crippen LogP contribution in [0.5, 0.6) is 0 Å². The molecule has 0 aromatic heterocycles. The second-order valence-corrected chi connectivity index (χ2v) is 6.07. The van der Waals surface area contributed by atoms with E-state index in [1.54, 1.807) is 0 Å². The summed E-state index contributed by atoms with van der Waals surface area (Å²) in [6.07, 6.45) is 2.84. The van der Waals surface area contributed by atoms with E-state index in [0.717, 1.165) is 19.3 Å². The number of aliphatic hydroxyl groups is 1. The van der Waals surface area contributed by atoms with Crippen LogP contribution in [0.1, 0.15) is 18.4 Å². The van der Waals surface area contributed by atoms with Crippen LogP contribution in [0, 0.1) is 5.92 Å². The Hall–Kier alpha value is -1.64. The van der Waals surface area contributed by atoms with Gasteiger partial charge in [0, 0.05) is 6.04 Å². The molecule has 110 valence electrons. The van der Waals surface area contributed by atoms with Gasteiger partial charge < -0.3 is 10.4 Å². The van der Waals surface area contributed by atoms with Gasteiger partial charge in [0.05, 0.1) is 6.10 Å². The largest absolute Gasteiger partial charge is 0.391 e. The van der Waals surface area contributed by atoms with E-state index in [2.05, 4.69) is 53.8 Å². The number of likely N-dealkylation sites (N-methyl/N-ethyl adjacent to an activating group) is 1. The van der Waals surface area contributed by atoms with Crippen LogP contribution < -0.4 is 5.32 Å². The van der Waals surface area contributed by atoms with Crippen molar-refractivity contribution in [1.29, 1.82) is 0 Å². The van der Waals surface area contributed by atoms with Crippen LogP contribution in [-0.4, -0.2) is 24.3 Å². The fourth-order valence-electron chi connectivity index (χ4n) is 3.39. The van der Waals surface area contributed by atoms with Gasteiger partial charge in [-0.2, -0.15) is 0 Å². The van der Waals surface area contributed by atoms with Crippen molar-refractivity contribution >= 4 is 0 Å². The van der Waals surface area contributed by atoms with Crippen LogP contribution in [0.15, 0.2) is 54.6 Å². The number of aliphatic hydroxyl groups excluding tert-OH is 1. The number of nitrogens with one attached hydrogen (secondary N) is 1. The third-order valence-corrected chi connectivity index (χ3v) is 4.58. The van der Waals surface area contributed by atoms with Crippen LogP contribution >= 0.6 is 0 Å². The molecule has 3 rings (SSSR count). The Labute approximate surface area is 126 Å². The molecule has 2 heteroatoms. The molecule has 0 aliphatic heterocycles. The monoisotopic (exact) mass is 281 g/mol. The molecule has 0 heterocycles. The van der Waals surface area contributed by atoms with E-state index in [1.807, 2.05) is 13.1 Å². The van der Waals surface area contributed by atoms with Gasteiger partial charge >= 0.3 is 0 Å². The SMILES string of the molecule is CN[C@@H]1C[C@H](Cc2ccc(-c3ccccc3)cc2)C[C@H]1O. The Balaban J connectivity index is 1.66. The summed E-state index contributed by atoms with van der Waals surface area (Å²) in [7, 11) is 1.94. The first-order chi connectivity index (χ1) is 10.3. The first-order valence-corrected chi connectivity index (χ1v) is 7.76. The van der Waals surface area contributed by atoms with Crippen LogP contribution in [0.25, 0.3) is 11.1 Å². The molecule has 0 amide bonds. The highest BCUT2D eigenvalue weighted by Crippen LogP contribution is 2.29. The van der Waals surface area contributed by atoms with Crippen molar-refractivity contribution in [3.63, 3.8) is 0 Å². The predicted octanol–water partition coefficient (Wildman–Crippen LogP) is 3.26. The zero-order valence-electron chi connectivity index (χ0n) is 12.5. The minimum Gasteiger partial charge on any atom is -0.391 e. The van der Waals surface area contributed by atoms with Crippen molar-refractivity contribution in [3.05, 3.63) is 60.2 Å². The van der Waals surface area contributed by atoms with Gasteiger partial charge in [0.25, 0.3) is 0 Å². The molecule has 0 spiro atoms. The zero-order valence-corrected chi connectivity index (χ0v) is 12.5. The van der Waals surface area contributed by atoms with Gasteiger partial charge in [-0.25, -0.2) is 0 Å². The van der Waals surface area contributed by atoms with Gasteiger partial charge in [-0.05, 0) is 48.9 Å². The first kappa shape index (κ1) is 14.3. The Bertz CT molecular complexity index is 564. The third-order valence-electron chi connectivity index (χ3n) is 4.58. The van der Waals surface area contributed by atoms with Gasteiger partial charge in [-0.1, -0.05) is 54.6 Å². The smallest absolute Gasteiger partial charge is 0.0695 e. The molecule has 0 bridgehead atoms. The standard InChI is InChI=1S/C19H23NO/c1-20-18-12-15(13-19(18)21)11-14-7-9-17(10-8-14)16-5-3-2-4-6-16/h2-10,15,18-21H,11-13H2,1H3/t15-,18+,19+/m0/s1. The predicted molar refractivity (Wildman–Crippen MR) is 87.2 cm³/mol. The van der Waals surface area contributed by atoms with Gasteiger partial charge in [0.15, 0.2) is 0 Å². The molecule has 0 saturated heterocycles. The van der Waals surface area contributed by atoms with Crippen LogP contribution in [-0.2, 0) is 6.42 Å². The summed E-state index contributed by atoms with van der Waals surface area (Å²) in [6.45, 7) is 0. The molecule has 1 aliphatic rings. The number of hydrogen-bond donors (Lipinski definition) is 2. The van der Waals surface area contributed by atoms with Crippen molar-refractivity contribution in [2.45, 2.75) is 31.4 Å². The maximum atomic E-state index is 9.97. The molecular weight excluding hydrogens is 258 g/mol. The van der Waals surface area contributed by atoms with E-state index in [0.29, 0.717) is 5.92 Å². The molecule has 0 radical (unpaired) electrons. The second-order valence-electron chi connectivity index (χ2n) is 6.07. The van der Waals surface area contributed by atoms with E-state index in [1.165, 1.54) is 16.7 Å². The highest BCUT2D eigenvalue weighted by atomic mass is 16.3. The number of benzene rings is 2. The molecule has 1 saturated carbocycles. The molecular formula is C19H23NO. The summed E-state index contributed by atoms with van der Waals surface area (Å²) in [5.74, 6) is 0.583. The summed E-state index contributed by atoms with van der Waals surface area (Å²) >= 11 is 0. The van der Waals surface area contributed by atoms with Crippen LogP contribution in [0.4, 0.5) is 0 Å². The average molecular weight is 281 g/mol. The molecule has 3 atom stereocenters. The Morgan fingerprint density at radius 3 is 2.24 bits per heavy atom. The lowest BCUT2D eigenvalue weighted by molar-refractivity contribution is 0.150. The first-order valence-electron chi connectivity index (χ1n) is 7.76. The summed E-state index contributed by atoms with van der Waals surface area (Å²) in [6, 6.07) is 19.6. The maximum absolute atomic E-state index is 9.97. The molecule has 2 nitrogen and oxygen atoms in total. The fraction of sp³-hybridized carbons (Fsp3) is 0.368. The highest BCUT2D eigenvalue weighted by Gasteiger charge is 2.31. The van der Waals surface area contributed by atoms with Gasteiger partial charge in [-0.3, -0.25) is 0 Å². The van der Waals surface area contributed by atoms with Crippen LogP contribution in [0.2, 0.25) is 0 Å². The molecule has 2 N–H and O–H groups in total. The molecule has 0 unspecified atom stereocenters. The maximum Gasteiger partial charge on any atom is 0.0695 e. The third kappa shape index (κ3) is 3.34. The Kier molecular flexibility index (Phi) is 4.37. The summed E-state index contributed by atoms with van der Waals surface area (Å²) < 4.78 is 0. The van der Waals surface area contributed by atoms with E-state index in [4.69, 9.17) is 0 Å². The molecule has 1 aliphatic carbocycles. The quantitative estimate of drug-likeness (QED) is 0.901. The lowest BCUT2D eigenvalue weighted by atomic mass is 9.96. The zero-order chi connectivity index (χ0) is 14.7. The van der Waals surface area contributed by atoms with Crippen molar-refractivity contribution in [1.82, 2.24) is 5.32 Å². The van der Waals surface area contributed by atoms with Crippen LogP contribution in [0.3, 0.4) is 0 Å². The minimum atomic E-state index is -0.191. The normalized spacial score (nSPS) is 25.1. The Morgan fingerprint density at radius 1 is 0.952 bits per heavy atom. The van der Waals surface area contributed by atoms with Crippen molar-refractivity contribution in [2.24, 2.45) is 5.92 Å². The van der Waals surface area contributed by atoms with E-state index in [-0.39, 0.29) is 12.1 Å². The second kappa shape index (κ2) is 6.42. The topological polar surface area (TPSA) is 32.3 Å².